The van der Waals surface area contributed by atoms with Crippen molar-refractivity contribution in [1.82, 2.24) is 4.90 Å². The molecule has 7 nitrogen and oxygen atoms in total. The fraction of sp³-hybridized carbons (Fsp3) is 0.357. The van der Waals surface area contributed by atoms with E-state index in [1.54, 1.807) is 44.2 Å². The Bertz CT molecular complexity index is 516. The Balaban J connectivity index is 3.09. The Hall–Kier alpha value is -2.57. The monoisotopic (exact) mass is 293 g/mol. The van der Waals surface area contributed by atoms with Crippen LogP contribution in [-0.2, 0) is 9.59 Å². The van der Waals surface area contributed by atoms with Crippen LogP contribution in [0.5, 0.6) is 0 Å². The number of rotatable bonds is 6. The van der Waals surface area contributed by atoms with Crippen LogP contribution in [0.2, 0.25) is 0 Å². The molecule has 0 aliphatic rings. The minimum atomic E-state index is -1.14. The molecule has 3 N–H and O–H groups in total. The zero-order valence-electron chi connectivity index (χ0n) is 12.0. The van der Waals surface area contributed by atoms with Crippen molar-refractivity contribution in [3.05, 3.63) is 30.3 Å². The van der Waals surface area contributed by atoms with Gasteiger partial charge in [0, 0.05) is 11.7 Å². The molecule has 0 bridgehead atoms. The zero-order chi connectivity index (χ0) is 16.0. The smallest absolute Gasteiger partial charge is 0.325 e. The number of nitrogens with two attached hydrogens (primary N) is 1. The van der Waals surface area contributed by atoms with Crippen molar-refractivity contribution in [2.75, 3.05) is 18.0 Å². The summed E-state index contributed by atoms with van der Waals surface area (Å²) in [4.78, 5) is 37.0. The number of carbonyl (C=O) groups is 3. The van der Waals surface area contributed by atoms with E-state index in [0.717, 1.165) is 4.90 Å². The molecule has 0 radical (unpaired) electrons. The maximum Gasteiger partial charge on any atom is 0.325 e. The molecule has 1 rings (SSSR count). The SMILES string of the molecule is CC(C)N(CC(N)=O)C(=O)N(CC(=O)O)c1ccccc1. The van der Waals surface area contributed by atoms with Crippen LogP contribution in [0.15, 0.2) is 30.3 Å². The Morgan fingerprint density at radius 2 is 1.71 bits per heavy atom. The first-order chi connectivity index (χ1) is 9.82. The molecular formula is C14H19N3O4. The maximum atomic E-state index is 12.5. The Morgan fingerprint density at radius 1 is 1.14 bits per heavy atom. The third kappa shape index (κ3) is 4.79. The van der Waals surface area contributed by atoms with E-state index in [0.29, 0.717) is 5.69 Å². The lowest BCUT2D eigenvalue weighted by atomic mass is 10.2. The normalized spacial score (nSPS) is 10.2. The molecular weight excluding hydrogens is 274 g/mol. The second kappa shape index (κ2) is 7.28. The number of hydrogen-bond acceptors (Lipinski definition) is 3. The average Bonchev–Trinajstić information content (AvgIpc) is 2.41. The van der Waals surface area contributed by atoms with E-state index in [4.69, 9.17) is 10.8 Å². The van der Waals surface area contributed by atoms with Gasteiger partial charge < -0.3 is 15.7 Å². The van der Waals surface area contributed by atoms with Crippen LogP contribution in [0.25, 0.3) is 0 Å². The molecule has 0 atom stereocenters. The third-order valence-electron chi connectivity index (χ3n) is 2.79. The lowest BCUT2D eigenvalue weighted by Gasteiger charge is -2.31. The van der Waals surface area contributed by atoms with Gasteiger partial charge in [0.1, 0.15) is 13.1 Å². The summed E-state index contributed by atoms with van der Waals surface area (Å²) >= 11 is 0. The number of carbonyl (C=O) groups excluding carboxylic acids is 2. The van der Waals surface area contributed by atoms with Crippen LogP contribution in [-0.4, -0.2) is 47.0 Å². The van der Waals surface area contributed by atoms with Crippen molar-refractivity contribution in [3.8, 4) is 0 Å². The second-order valence-electron chi connectivity index (χ2n) is 4.79. The minimum absolute atomic E-state index is 0.264. The molecule has 0 spiro atoms. The number of aliphatic carboxylic acids is 1. The van der Waals surface area contributed by atoms with Gasteiger partial charge in [-0.15, -0.1) is 0 Å². The van der Waals surface area contributed by atoms with Crippen molar-refractivity contribution in [1.29, 1.82) is 0 Å². The quantitative estimate of drug-likeness (QED) is 0.812. The molecule has 114 valence electrons. The molecule has 21 heavy (non-hydrogen) atoms. The first-order valence-corrected chi connectivity index (χ1v) is 6.46. The third-order valence-corrected chi connectivity index (χ3v) is 2.79. The number of amides is 3. The van der Waals surface area contributed by atoms with Crippen LogP contribution >= 0.6 is 0 Å². The van der Waals surface area contributed by atoms with Gasteiger partial charge in [0.05, 0.1) is 0 Å². The van der Waals surface area contributed by atoms with Crippen LogP contribution in [0, 0.1) is 0 Å². The Morgan fingerprint density at radius 3 is 2.14 bits per heavy atom. The van der Waals surface area contributed by atoms with E-state index in [2.05, 4.69) is 0 Å². The second-order valence-corrected chi connectivity index (χ2v) is 4.79. The molecule has 0 aromatic heterocycles. The number of para-hydroxylation sites is 1. The van der Waals surface area contributed by atoms with Gasteiger partial charge in [-0.2, -0.15) is 0 Å². The Labute approximate surface area is 122 Å². The number of benzene rings is 1. The highest BCUT2D eigenvalue weighted by atomic mass is 16.4. The highest BCUT2D eigenvalue weighted by Crippen LogP contribution is 2.16. The fourth-order valence-electron chi connectivity index (χ4n) is 1.81. The average molecular weight is 293 g/mol. The van der Waals surface area contributed by atoms with Crippen molar-refractivity contribution in [2.24, 2.45) is 5.73 Å². The molecule has 7 heteroatoms. The molecule has 0 fully saturated rings. The van der Waals surface area contributed by atoms with Gasteiger partial charge in [0.25, 0.3) is 0 Å². The summed E-state index contributed by atoms with van der Waals surface area (Å²) in [5, 5.41) is 8.99. The molecule has 3 amide bonds. The maximum absolute atomic E-state index is 12.5. The number of carboxylic acids is 1. The fourth-order valence-corrected chi connectivity index (χ4v) is 1.81. The van der Waals surface area contributed by atoms with Gasteiger partial charge in [0.2, 0.25) is 5.91 Å². The van der Waals surface area contributed by atoms with E-state index in [1.807, 2.05) is 0 Å². The van der Waals surface area contributed by atoms with Gasteiger partial charge in [-0.3, -0.25) is 14.5 Å². The Kier molecular flexibility index (Phi) is 5.71. The molecule has 1 aromatic carbocycles. The van der Waals surface area contributed by atoms with E-state index in [-0.39, 0.29) is 12.6 Å². The van der Waals surface area contributed by atoms with Gasteiger partial charge in [0.15, 0.2) is 0 Å². The molecule has 0 unspecified atom stereocenters. The van der Waals surface area contributed by atoms with E-state index in [1.165, 1.54) is 4.90 Å². The largest absolute Gasteiger partial charge is 0.480 e. The molecule has 0 saturated heterocycles. The summed E-state index contributed by atoms with van der Waals surface area (Å²) in [6, 6.07) is 7.56. The van der Waals surface area contributed by atoms with Crippen LogP contribution in [0.3, 0.4) is 0 Å². The lowest BCUT2D eigenvalue weighted by Crippen LogP contribution is -2.51. The first-order valence-electron chi connectivity index (χ1n) is 6.46. The predicted octanol–water partition coefficient (Wildman–Crippen LogP) is 0.893. The first kappa shape index (κ1) is 16.5. The lowest BCUT2D eigenvalue weighted by molar-refractivity contribution is -0.135. The molecule has 0 aliphatic heterocycles. The molecule has 1 aromatic rings. The number of primary amides is 1. The van der Waals surface area contributed by atoms with E-state index < -0.39 is 24.5 Å². The van der Waals surface area contributed by atoms with Crippen molar-refractivity contribution in [3.63, 3.8) is 0 Å². The molecule has 0 saturated carbocycles. The van der Waals surface area contributed by atoms with Crippen molar-refractivity contribution >= 4 is 23.6 Å². The molecule has 0 heterocycles. The number of nitrogens with zero attached hydrogens (tertiary/aromatic N) is 2. The van der Waals surface area contributed by atoms with Gasteiger partial charge in [-0.25, -0.2) is 4.79 Å². The van der Waals surface area contributed by atoms with E-state index >= 15 is 0 Å². The zero-order valence-corrected chi connectivity index (χ0v) is 12.0. The van der Waals surface area contributed by atoms with Crippen LogP contribution in [0.1, 0.15) is 13.8 Å². The summed E-state index contributed by atoms with van der Waals surface area (Å²) in [6.07, 6.45) is 0. The number of urea groups is 1. The van der Waals surface area contributed by atoms with Gasteiger partial charge >= 0.3 is 12.0 Å². The number of carboxylic acid groups (broad SMARTS) is 1. The standard InChI is InChI=1S/C14H19N3O4/c1-10(2)16(8-12(15)18)14(21)17(9-13(19)20)11-6-4-3-5-7-11/h3-7,10H,8-9H2,1-2H3,(H2,15,18)(H,19,20). The van der Waals surface area contributed by atoms with Crippen LogP contribution in [0.4, 0.5) is 10.5 Å². The van der Waals surface area contributed by atoms with Crippen molar-refractivity contribution < 1.29 is 19.5 Å². The van der Waals surface area contributed by atoms with Crippen molar-refractivity contribution in [2.45, 2.75) is 19.9 Å². The van der Waals surface area contributed by atoms with E-state index in [9.17, 15) is 14.4 Å². The highest BCUT2D eigenvalue weighted by Gasteiger charge is 2.27. The van der Waals surface area contributed by atoms with Gasteiger partial charge in [-0.05, 0) is 26.0 Å². The minimum Gasteiger partial charge on any atom is -0.480 e. The summed E-state index contributed by atoms with van der Waals surface area (Å²) in [5.74, 6) is -1.80. The summed E-state index contributed by atoms with van der Waals surface area (Å²) in [5.41, 5.74) is 5.59. The topological polar surface area (TPSA) is 104 Å². The summed E-state index contributed by atoms with van der Waals surface area (Å²) in [6.45, 7) is 2.69. The van der Waals surface area contributed by atoms with Gasteiger partial charge in [-0.1, -0.05) is 18.2 Å². The predicted molar refractivity (Wildman–Crippen MR) is 77.9 cm³/mol. The highest BCUT2D eigenvalue weighted by molar-refractivity contribution is 5.97. The molecule has 0 aliphatic carbocycles. The van der Waals surface area contributed by atoms with Crippen LogP contribution < -0.4 is 10.6 Å². The summed E-state index contributed by atoms with van der Waals surface area (Å²) in [7, 11) is 0. The number of anilines is 1. The number of hydrogen-bond donors (Lipinski definition) is 2. The summed E-state index contributed by atoms with van der Waals surface area (Å²) < 4.78 is 0.